The third kappa shape index (κ3) is 4.56. The fourth-order valence-electron chi connectivity index (χ4n) is 4.82. The fourth-order valence-corrected chi connectivity index (χ4v) is 6.10. The van der Waals surface area contributed by atoms with Crippen LogP contribution in [0.4, 0.5) is 17.1 Å². The zero-order chi connectivity index (χ0) is 27.0. The molecule has 0 aliphatic carbocycles. The molecule has 0 saturated carbocycles. The van der Waals surface area contributed by atoms with Crippen LogP contribution in [-0.2, 0) is 21.2 Å². The Balaban J connectivity index is 1.53. The second-order valence-corrected chi connectivity index (χ2v) is 10.8. The average Bonchev–Trinajstić information content (AvgIpc) is 3.31. The lowest BCUT2D eigenvalue weighted by Crippen LogP contribution is -2.25. The lowest BCUT2D eigenvalue weighted by atomic mass is 10.1. The normalized spacial score (nSPS) is 12.8. The van der Waals surface area contributed by atoms with Gasteiger partial charge in [0, 0.05) is 41.2 Å². The van der Waals surface area contributed by atoms with E-state index < -0.39 is 10.0 Å². The number of hydrogen-bond donors (Lipinski definition) is 2. The Labute approximate surface area is 221 Å². The van der Waals surface area contributed by atoms with Crippen molar-refractivity contribution in [3.8, 4) is 5.75 Å². The molecule has 9 heteroatoms. The molecule has 38 heavy (non-hydrogen) atoms. The van der Waals surface area contributed by atoms with E-state index in [1.807, 2.05) is 19.1 Å². The minimum Gasteiger partial charge on any atom is -0.495 e. The third-order valence-electron chi connectivity index (χ3n) is 6.73. The van der Waals surface area contributed by atoms with Crippen LogP contribution in [0.5, 0.6) is 5.75 Å². The predicted octanol–water partition coefficient (Wildman–Crippen LogP) is 5.12. The second kappa shape index (κ2) is 9.83. The van der Waals surface area contributed by atoms with Crippen LogP contribution < -0.4 is 19.7 Å². The van der Waals surface area contributed by atoms with Crippen molar-refractivity contribution in [1.82, 2.24) is 0 Å². The predicted molar refractivity (Wildman–Crippen MR) is 149 cm³/mol. The van der Waals surface area contributed by atoms with E-state index in [1.54, 1.807) is 59.5 Å². The van der Waals surface area contributed by atoms with E-state index >= 15 is 0 Å². The lowest BCUT2D eigenvalue weighted by Gasteiger charge is -2.19. The van der Waals surface area contributed by atoms with Crippen LogP contribution >= 0.6 is 0 Å². The molecule has 0 atom stereocenters. The van der Waals surface area contributed by atoms with Crippen molar-refractivity contribution in [3.05, 3.63) is 89.5 Å². The Morgan fingerprint density at radius 3 is 2.34 bits per heavy atom. The Morgan fingerprint density at radius 2 is 1.63 bits per heavy atom. The maximum Gasteiger partial charge on any atom is 0.262 e. The van der Waals surface area contributed by atoms with Crippen molar-refractivity contribution >= 4 is 49.7 Å². The summed E-state index contributed by atoms with van der Waals surface area (Å²) in [6.07, 6.45) is 0.665. The number of amides is 2. The standard InChI is InChI=1S/C29H27N3O5S/c1-18-8-4-5-9-21(18)29(34)30-24-12-13-28(23-11-7-6-10-22(23)24)38(35,36)31-25-17-26-20(16-27(25)37-3)14-15-32(26)19(2)33/h4-13,16-17,31H,14-15H2,1-3H3,(H,30,34). The van der Waals surface area contributed by atoms with Crippen molar-refractivity contribution in [2.24, 2.45) is 0 Å². The summed E-state index contributed by atoms with van der Waals surface area (Å²) in [5.74, 6) is -0.0268. The maximum atomic E-state index is 13.7. The highest BCUT2D eigenvalue weighted by atomic mass is 32.2. The highest BCUT2D eigenvalue weighted by Crippen LogP contribution is 2.39. The van der Waals surface area contributed by atoms with E-state index in [2.05, 4.69) is 10.0 Å². The van der Waals surface area contributed by atoms with Crippen molar-refractivity contribution in [2.45, 2.75) is 25.2 Å². The molecule has 2 amide bonds. The number of rotatable bonds is 6. The molecule has 0 fully saturated rings. The molecule has 0 spiro atoms. The van der Waals surface area contributed by atoms with Crippen molar-refractivity contribution in [1.29, 1.82) is 0 Å². The number of sulfonamides is 1. The number of methoxy groups -OCH3 is 1. The van der Waals surface area contributed by atoms with E-state index in [1.165, 1.54) is 20.1 Å². The van der Waals surface area contributed by atoms with Gasteiger partial charge in [-0.25, -0.2) is 8.42 Å². The number of fused-ring (bicyclic) bond motifs is 2. The number of ether oxygens (including phenoxy) is 1. The van der Waals surface area contributed by atoms with Gasteiger partial charge >= 0.3 is 0 Å². The molecule has 1 aliphatic rings. The minimum absolute atomic E-state index is 0.0490. The lowest BCUT2D eigenvalue weighted by molar-refractivity contribution is -0.116. The molecule has 1 heterocycles. The molecule has 8 nitrogen and oxygen atoms in total. The molecule has 0 radical (unpaired) electrons. The summed E-state index contributed by atoms with van der Waals surface area (Å²) in [5.41, 5.74) is 3.69. The topological polar surface area (TPSA) is 105 Å². The quantitative estimate of drug-likeness (QED) is 0.361. The van der Waals surface area contributed by atoms with E-state index in [-0.39, 0.29) is 22.4 Å². The van der Waals surface area contributed by atoms with Gasteiger partial charge in [0.15, 0.2) is 0 Å². The molecular weight excluding hydrogens is 502 g/mol. The molecule has 0 bridgehead atoms. The van der Waals surface area contributed by atoms with Crippen LogP contribution in [-0.4, -0.2) is 33.9 Å². The molecular formula is C29H27N3O5S. The molecule has 0 saturated heterocycles. The Kier molecular flexibility index (Phi) is 6.54. The van der Waals surface area contributed by atoms with Gasteiger partial charge in [0.05, 0.1) is 17.7 Å². The van der Waals surface area contributed by atoms with Gasteiger partial charge in [-0.05, 0) is 54.8 Å². The molecule has 5 rings (SSSR count). The van der Waals surface area contributed by atoms with E-state index in [0.29, 0.717) is 46.4 Å². The number of hydrogen-bond acceptors (Lipinski definition) is 5. The Morgan fingerprint density at radius 1 is 0.921 bits per heavy atom. The molecule has 0 aromatic heterocycles. The summed E-state index contributed by atoms with van der Waals surface area (Å²) in [6.45, 7) is 3.87. The van der Waals surface area contributed by atoms with E-state index in [4.69, 9.17) is 4.74 Å². The van der Waals surface area contributed by atoms with Crippen LogP contribution in [0.1, 0.15) is 28.4 Å². The van der Waals surface area contributed by atoms with Crippen LogP contribution in [0.15, 0.2) is 77.7 Å². The van der Waals surface area contributed by atoms with Crippen LogP contribution in [0, 0.1) is 6.92 Å². The largest absolute Gasteiger partial charge is 0.495 e. The zero-order valence-electron chi connectivity index (χ0n) is 21.2. The van der Waals surface area contributed by atoms with Crippen LogP contribution in [0.2, 0.25) is 0 Å². The highest BCUT2D eigenvalue weighted by molar-refractivity contribution is 7.93. The zero-order valence-corrected chi connectivity index (χ0v) is 22.1. The van der Waals surface area contributed by atoms with Gasteiger partial charge in [0.2, 0.25) is 5.91 Å². The summed E-state index contributed by atoms with van der Waals surface area (Å²) < 4.78 is 35.5. The molecule has 194 valence electrons. The van der Waals surface area contributed by atoms with Crippen LogP contribution in [0.3, 0.4) is 0 Å². The number of nitrogens with one attached hydrogen (secondary N) is 2. The first-order chi connectivity index (χ1) is 18.2. The summed E-state index contributed by atoms with van der Waals surface area (Å²) in [5, 5.41) is 3.96. The average molecular weight is 530 g/mol. The Bertz CT molecular complexity index is 1700. The number of nitrogens with zero attached hydrogens (tertiary/aromatic N) is 1. The number of carbonyl (C=O) groups is 2. The summed E-state index contributed by atoms with van der Waals surface area (Å²) in [4.78, 5) is 26.7. The van der Waals surface area contributed by atoms with E-state index in [0.717, 1.165) is 11.1 Å². The molecule has 1 aliphatic heterocycles. The molecule has 4 aromatic rings. The van der Waals surface area contributed by atoms with Gasteiger partial charge in [-0.2, -0.15) is 0 Å². The van der Waals surface area contributed by atoms with E-state index in [9.17, 15) is 18.0 Å². The van der Waals surface area contributed by atoms with Crippen molar-refractivity contribution < 1.29 is 22.7 Å². The number of benzene rings is 4. The number of aryl methyl sites for hydroxylation is 1. The molecule has 4 aromatic carbocycles. The minimum atomic E-state index is -4.08. The van der Waals surface area contributed by atoms with Crippen molar-refractivity contribution in [3.63, 3.8) is 0 Å². The summed E-state index contributed by atoms with van der Waals surface area (Å²) in [6, 6.07) is 20.7. The first-order valence-electron chi connectivity index (χ1n) is 12.1. The van der Waals surface area contributed by atoms with Gasteiger partial charge in [-0.1, -0.05) is 42.5 Å². The van der Waals surface area contributed by atoms with Crippen LogP contribution in [0.25, 0.3) is 10.8 Å². The fraction of sp³-hybridized carbons (Fsp3) is 0.172. The van der Waals surface area contributed by atoms with Gasteiger partial charge in [0.1, 0.15) is 5.75 Å². The summed E-state index contributed by atoms with van der Waals surface area (Å²) in [7, 11) is -2.61. The van der Waals surface area contributed by atoms with Gasteiger partial charge in [-0.15, -0.1) is 0 Å². The monoisotopic (exact) mass is 529 g/mol. The molecule has 2 N–H and O–H groups in total. The smallest absolute Gasteiger partial charge is 0.262 e. The maximum absolute atomic E-state index is 13.7. The second-order valence-electron chi connectivity index (χ2n) is 9.13. The SMILES string of the molecule is COc1cc2c(cc1NS(=O)(=O)c1ccc(NC(=O)c3ccccc3C)c3ccccc13)N(C(C)=O)CC2. The Hall–Kier alpha value is -4.37. The third-order valence-corrected chi connectivity index (χ3v) is 8.16. The first-order valence-corrected chi connectivity index (χ1v) is 13.6. The van der Waals surface area contributed by atoms with Gasteiger partial charge in [-0.3, -0.25) is 14.3 Å². The first kappa shape index (κ1) is 25.3. The highest BCUT2D eigenvalue weighted by Gasteiger charge is 2.27. The number of anilines is 3. The van der Waals surface area contributed by atoms with Gasteiger partial charge < -0.3 is 15.0 Å². The van der Waals surface area contributed by atoms with Crippen molar-refractivity contribution in [2.75, 3.05) is 28.6 Å². The number of carbonyl (C=O) groups excluding carboxylic acids is 2. The summed E-state index contributed by atoms with van der Waals surface area (Å²) >= 11 is 0. The van der Waals surface area contributed by atoms with Gasteiger partial charge in [0.25, 0.3) is 15.9 Å². The molecule has 0 unspecified atom stereocenters.